The number of piperidine rings is 1. The van der Waals surface area contributed by atoms with Crippen molar-refractivity contribution in [2.45, 2.75) is 44.7 Å². The molecule has 0 aromatic heterocycles. The summed E-state index contributed by atoms with van der Waals surface area (Å²) >= 11 is 0. The van der Waals surface area contributed by atoms with E-state index in [1.165, 1.54) is 19.4 Å². The molecule has 2 rings (SSSR count). The van der Waals surface area contributed by atoms with Crippen LogP contribution in [0.5, 0.6) is 0 Å². The van der Waals surface area contributed by atoms with Crippen LogP contribution in [0.25, 0.3) is 0 Å². The summed E-state index contributed by atoms with van der Waals surface area (Å²) in [5, 5.41) is 6.52. The smallest absolute Gasteiger partial charge is 0.223 e. The molecule has 2 aliphatic heterocycles. The zero-order valence-corrected chi connectivity index (χ0v) is 11.0. The molecule has 98 valence electrons. The summed E-state index contributed by atoms with van der Waals surface area (Å²) < 4.78 is 0. The van der Waals surface area contributed by atoms with Gasteiger partial charge in [0, 0.05) is 24.5 Å². The molecule has 0 aromatic rings. The molecule has 0 radical (unpaired) electrons. The van der Waals surface area contributed by atoms with Gasteiger partial charge in [-0.05, 0) is 52.7 Å². The third kappa shape index (κ3) is 3.42. The number of hydrogen-bond donors (Lipinski definition) is 2. The molecule has 2 fully saturated rings. The average Bonchev–Trinajstić information content (AvgIpc) is 2.72. The number of rotatable bonds is 3. The predicted octanol–water partition coefficient (Wildman–Crippen LogP) is 0.585. The van der Waals surface area contributed by atoms with Gasteiger partial charge in [0.05, 0.1) is 0 Å². The minimum atomic E-state index is 0.220. The van der Waals surface area contributed by atoms with Crippen LogP contribution >= 0.6 is 0 Å². The van der Waals surface area contributed by atoms with Crippen molar-refractivity contribution in [2.75, 3.05) is 26.7 Å². The van der Waals surface area contributed by atoms with Crippen LogP contribution in [0.3, 0.4) is 0 Å². The minimum absolute atomic E-state index is 0.220. The summed E-state index contributed by atoms with van der Waals surface area (Å²) in [4.78, 5) is 14.4. The lowest BCUT2D eigenvalue weighted by Gasteiger charge is -2.28. The van der Waals surface area contributed by atoms with Gasteiger partial charge in [-0.3, -0.25) is 4.79 Å². The molecule has 2 N–H and O–H groups in total. The van der Waals surface area contributed by atoms with Crippen LogP contribution in [-0.2, 0) is 4.79 Å². The second-order valence-electron chi connectivity index (χ2n) is 5.60. The molecule has 0 spiro atoms. The van der Waals surface area contributed by atoms with E-state index in [9.17, 15) is 4.79 Å². The van der Waals surface area contributed by atoms with Crippen LogP contribution in [0.2, 0.25) is 0 Å². The Balaban J connectivity index is 1.73. The Morgan fingerprint density at radius 2 is 2.29 bits per heavy atom. The molecular weight excluding hydrogens is 214 g/mol. The van der Waals surface area contributed by atoms with E-state index >= 15 is 0 Å². The SMILES string of the molecule is CC1CC(C(=O)NCC2CCCN2C)CCN1. The molecule has 1 amide bonds. The zero-order chi connectivity index (χ0) is 12.3. The van der Waals surface area contributed by atoms with Crippen molar-refractivity contribution in [3.63, 3.8) is 0 Å². The van der Waals surface area contributed by atoms with Gasteiger partial charge < -0.3 is 15.5 Å². The van der Waals surface area contributed by atoms with Gasteiger partial charge in [-0.25, -0.2) is 0 Å². The number of likely N-dealkylation sites (N-methyl/N-ethyl adjacent to an activating group) is 1. The predicted molar refractivity (Wildman–Crippen MR) is 68.9 cm³/mol. The van der Waals surface area contributed by atoms with Crippen LogP contribution in [0, 0.1) is 5.92 Å². The molecule has 2 aliphatic rings. The lowest BCUT2D eigenvalue weighted by Crippen LogP contribution is -2.45. The first-order chi connectivity index (χ1) is 8.16. The number of carbonyl (C=O) groups excluding carboxylic acids is 1. The fourth-order valence-electron chi connectivity index (χ4n) is 2.97. The van der Waals surface area contributed by atoms with Crippen LogP contribution in [-0.4, -0.2) is 49.6 Å². The lowest BCUT2D eigenvalue weighted by molar-refractivity contribution is -0.126. The fraction of sp³-hybridized carbons (Fsp3) is 0.923. The van der Waals surface area contributed by atoms with Crippen molar-refractivity contribution >= 4 is 5.91 Å². The molecule has 0 saturated carbocycles. The van der Waals surface area contributed by atoms with Crippen molar-refractivity contribution in [1.82, 2.24) is 15.5 Å². The molecule has 3 unspecified atom stereocenters. The van der Waals surface area contributed by atoms with Gasteiger partial charge in [0.2, 0.25) is 5.91 Å². The Morgan fingerprint density at radius 1 is 1.47 bits per heavy atom. The van der Waals surface area contributed by atoms with Gasteiger partial charge in [-0.15, -0.1) is 0 Å². The summed E-state index contributed by atoms with van der Waals surface area (Å²) in [6, 6.07) is 1.03. The van der Waals surface area contributed by atoms with Crippen LogP contribution in [0.15, 0.2) is 0 Å². The lowest BCUT2D eigenvalue weighted by atomic mass is 9.92. The first-order valence-electron chi connectivity index (χ1n) is 6.88. The van der Waals surface area contributed by atoms with Gasteiger partial charge in [0.25, 0.3) is 0 Å². The number of nitrogens with one attached hydrogen (secondary N) is 2. The zero-order valence-electron chi connectivity index (χ0n) is 11.0. The van der Waals surface area contributed by atoms with Gasteiger partial charge in [-0.2, -0.15) is 0 Å². The van der Waals surface area contributed by atoms with E-state index in [0.29, 0.717) is 12.1 Å². The van der Waals surface area contributed by atoms with Crippen molar-refractivity contribution in [3.05, 3.63) is 0 Å². The molecule has 3 atom stereocenters. The molecule has 2 heterocycles. The topological polar surface area (TPSA) is 44.4 Å². The number of carbonyl (C=O) groups is 1. The maximum absolute atomic E-state index is 12.0. The highest BCUT2D eigenvalue weighted by atomic mass is 16.1. The molecule has 4 nitrogen and oxygen atoms in total. The van der Waals surface area contributed by atoms with Crippen molar-refractivity contribution in [2.24, 2.45) is 5.92 Å². The fourth-order valence-corrected chi connectivity index (χ4v) is 2.97. The highest BCUT2D eigenvalue weighted by Gasteiger charge is 2.26. The highest BCUT2D eigenvalue weighted by Crippen LogP contribution is 2.17. The maximum atomic E-state index is 12.0. The standard InChI is InChI=1S/C13H25N3O/c1-10-8-11(5-6-14-10)13(17)15-9-12-4-3-7-16(12)2/h10-12,14H,3-9H2,1-2H3,(H,15,17). The summed E-state index contributed by atoms with van der Waals surface area (Å²) in [6.07, 6.45) is 4.45. The van der Waals surface area contributed by atoms with E-state index in [1.54, 1.807) is 0 Å². The Kier molecular flexibility index (Phi) is 4.40. The van der Waals surface area contributed by atoms with Gasteiger partial charge in [-0.1, -0.05) is 0 Å². The second-order valence-corrected chi connectivity index (χ2v) is 5.60. The van der Waals surface area contributed by atoms with Gasteiger partial charge in [0.15, 0.2) is 0 Å². The quantitative estimate of drug-likeness (QED) is 0.757. The summed E-state index contributed by atoms with van der Waals surface area (Å²) in [5.74, 6) is 0.483. The molecular formula is C13H25N3O. The molecule has 0 bridgehead atoms. The van der Waals surface area contributed by atoms with E-state index in [1.807, 2.05) is 0 Å². The van der Waals surface area contributed by atoms with Crippen LogP contribution in [0.1, 0.15) is 32.6 Å². The largest absolute Gasteiger partial charge is 0.354 e. The average molecular weight is 239 g/mol. The van der Waals surface area contributed by atoms with Gasteiger partial charge >= 0.3 is 0 Å². The Bertz CT molecular complexity index is 269. The normalized spacial score (nSPS) is 34.8. The summed E-state index contributed by atoms with van der Waals surface area (Å²) in [6.45, 7) is 5.13. The van der Waals surface area contributed by atoms with Crippen LogP contribution in [0.4, 0.5) is 0 Å². The van der Waals surface area contributed by atoms with Crippen molar-refractivity contribution in [1.29, 1.82) is 0 Å². The number of hydrogen-bond acceptors (Lipinski definition) is 3. The Hall–Kier alpha value is -0.610. The number of amides is 1. The molecule has 2 saturated heterocycles. The monoisotopic (exact) mass is 239 g/mol. The number of likely N-dealkylation sites (tertiary alicyclic amines) is 1. The van der Waals surface area contributed by atoms with E-state index in [0.717, 1.165) is 25.9 Å². The first-order valence-corrected chi connectivity index (χ1v) is 6.88. The van der Waals surface area contributed by atoms with Crippen LogP contribution < -0.4 is 10.6 Å². The van der Waals surface area contributed by atoms with Crippen molar-refractivity contribution < 1.29 is 4.79 Å². The molecule has 4 heteroatoms. The molecule has 17 heavy (non-hydrogen) atoms. The summed E-state index contributed by atoms with van der Waals surface area (Å²) in [5.41, 5.74) is 0. The third-order valence-corrected chi connectivity index (χ3v) is 4.18. The molecule has 0 aromatic carbocycles. The van der Waals surface area contributed by atoms with Gasteiger partial charge in [0.1, 0.15) is 0 Å². The van der Waals surface area contributed by atoms with E-state index in [4.69, 9.17) is 0 Å². The summed E-state index contributed by atoms with van der Waals surface area (Å²) in [7, 11) is 2.15. The third-order valence-electron chi connectivity index (χ3n) is 4.18. The second kappa shape index (κ2) is 5.83. The Morgan fingerprint density at radius 3 is 2.94 bits per heavy atom. The minimum Gasteiger partial charge on any atom is -0.354 e. The molecule has 0 aliphatic carbocycles. The van der Waals surface area contributed by atoms with E-state index in [2.05, 4.69) is 29.5 Å². The van der Waals surface area contributed by atoms with E-state index in [-0.39, 0.29) is 11.8 Å². The van der Waals surface area contributed by atoms with E-state index < -0.39 is 0 Å². The van der Waals surface area contributed by atoms with Crippen molar-refractivity contribution in [3.8, 4) is 0 Å². The Labute approximate surface area is 104 Å². The highest BCUT2D eigenvalue weighted by molar-refractivity contribution is 5.78. The number of nitrogens with zero attached hydrogens (tertiary/aromatic N) is 1. The first kappa shape index (κ1) is 12.8. The maximum Gasteiger partial charge on any atom is 0.223 e.